The fraction of sp³-hybridized carbons (Fsp3) is 0.600. The zero-order valence-corrected chi connectivity index (χ0v) is 10.3. The summed E-state index contributed by atoms with van der Waals surface area (Å²) in [5.41, 5.74) is 5.92. The highest BCUT2D eigenvalue weighted by atomic mass is 32.1. The summed E-state index contributed by atoms with van der Waals surface area (Å²) in [7, 11) is 1.64. The number of aromatic carboxylic acids is 1. The second-order valence-corrected chi connectivity index (χ2v) is 4.99. The van der Waals surface area contributed by atoms with Crippen LogP contribution in [0.4, 0.5) is 5.13 Å². The molecule has 1 aromatic rings. The van der Waals surface area contributed by atoms with E-state index in [4.69, 9.17) is 15.6 Å². The highest BCUT2D eigenvalue weighted by molar-refractivity contribution is 7.17. The molecule has 7 heteroatoms. The van der Waals surface area contributed by atoms with Gasteiger partial charge in [-0.15, -0.1) is 0 Å². The minimum absolute atomic E-state index is 0.0269. The van der Waals surface area contributed by atoms with Gasteiger partial charge in [0.25, 0.3) is 0 Å². The third-order valence-electron chi connectivity index (χ3n) is 2.89. The summed E-state index contributed by atoms with van der Waals surface area (Å²) in [6.45, 7) is 1.44. The first-order valence-corrected chi connectivity index (χ1v) is 6.16. The van der Waals surface area contributed by atoms with Gasteiger partial charge >= 0.3 is 5.97 Å². The molecule has 0 aromatic carbocycles. The molecule has 0 radical (unpaired) electrons. The molecule has 0 spiro atoms. The van der Waals surface area contributed by atoms with Gasteiger partial charge in [-0.05, 0) is 6.42 Å². The summed E-state index contributed by atoms with van der Waals surface area (Å²) in [5.74, 6) is -0.939. The maximum atomic E-state index is 10.8. The predicted molar refractivity (Wildman–Crippen MR) is 64.7 cm³/mol. The standard InChI is InChI=1S/C10H15N3O3S/c1-16-7-5-13(3-2-6(7)11)10-12-4-8(17-10)9(14)15/h4,6-7H,2-3,5,11H2,1H3,(H,14,15)/t6-,7+/m0/s1. The second kappa shape index (κ2) is 4.99. The van der Waals surface area contributed by atoms with Crippen LogP contribution in [0.5, 0.6) is 0 Å². The van der Waals surface area contributed by atoms with E-state index in [0.717, 1.165) is 18.1 Å². The van der Waals surface area contributed by atoms with E-state index in [1.807, 2.05) is 4.90 Å². The zero-order chi connectivity index (χ0) is 12.4. The summed E-state index contributed by atoms with van der Waals surface area (Å²) in [6.07, 6.45) is 2.18. The van der Waals surface area contributed by atoms with Gasteiger partial charge in [0.1, 0.15) is 4.88 Å². The van der Waals surface area contributed by atoms with E-state index in [1.165, 1.54) is 17.5 Å². The average Bonchev–Trinajstić information content (AvgIpc) is 2.79. The number of piperidine rings is 1. The summed E-state index contributed by atoms with van der Waals surface area (Å²) in [4.78, 5) is 17.2. The lowest BCUT2D eigenvalue weighted by molar-refractivity contribution is 0.0702. The molecular weight excluding hydrogens is 242 g/mol. The molecule has 3 N–H and O–H groups in total. The summed E-state index contributed by atoms with van der Waals surface area (Å²) < 4.78 is 5.30. The largest absolute Gasteiger partial charge is 0.477 e. The van der Waals surface area contributed by atoms with E-state index in [1.54, 1.807) is 7.11 Å². The van der Waals surface area contributed by atoms with Crippen LogP contribution in [0.1, 0.15) is 16.1 Å². The van der Waals surface area contributed by atoms with Gasteiger partial charge in [-0.25, -0.2) is 9.78 Å². The molecule has 0 bridgehead atoms. The Balaban J connectivity index is 2.09. The van der Waals surface area contributed by atoms with Crippen molar-refractivity contribution in [3.63, 3.8) is 0 Å². The monoisotopic (exact) mass is 257 g/mol. The third kappa shape index (κ3) is 2.56. The highest BCUT2D eigenvalue weighted by Gasteiger charge is 2.28. The Morgan fingerprint density at radius 2 is 2.53 bits per heavy atom. The second-order valence-electron chi connectivity index (χ2n) is 3.98. The Hall–Kier alpha value is -1.18. The number of methoxy groups -OCH3 is 1. The topological polar surface area (TPSA) is 88.7 Å². The molecule has 1 aromatic heterocycles. The number of thiazole rings is 1. The third-order valence-corrected chi connectivity index (χ3v) is 3.93. The van der Waals surface area contributed by atoms with Crippen LogP contribution in [0.15, 0.2) is 6.20 Å². The number of carboxylic acids is 1. The number of nitrogens with zero attached hydrogens (tertiary/aromatic N) is 2. The number of anilines is 1. The summed E-state index contributed by atoms with van der Waals surface area (Å²) >= 11 is 1.18. The van der Waals surface area contributed by atoms with Gasteiger partial charge in [0, 0.05) is 26.2 Å². The number of carboxylic acid groups (broad SMARTS) is 1. The molecule has 2 rings (SSSR count). The van der Waals surface area contributed by atoms with Crippen LogP contribution in [-0.2, 0) is 4.74 Å². The lowest BCUT2D eigenvalue weighted by Crippen LogP contribution is -2.51. The van der Waals surface area contributed by atoms with E-state index in [9.17, 15) is 4.79 Å². The van der Waals surface area contributed by atoms with Crippen molar-refractivity contribution in [2.24, 2.45) is 5.73 Å². The maximum Gasteiger partial charge on any atom is 0.347 e. The van der Waals surface area contributed by atoms with Gasteiger partial charge in [-0.3, -0.25) is 0 Å². The molecule has 17 heavy (non-hydrogen) atoms. The molecular formula is C10H15N3O3S. The minimum Gasteiger partial charge on any atom is -0.477 e. The van der Waals surface area contributed by atoms with Crippen molar-refractivity contribution in [3.05, 3.63) is 11.1 Å². The Labute approximate surface area is 103 Å². The molecule has 0 amide bonds. The van der Waals surface area contributed by atoms with Crippen molar-refractivity contribution in [1.29, 1.82) is 0 Å². The van der Waals surface area contributed by atoms with E-state index in [2.05, 4.69) is 4.98 Å². The number of aromatic nitrogens is 1. The van der Waals surface area contributed by atoms with Gasteiger partial charge in [0.15, 0.2) is 5.13 Å². The molecule has 1 saturated heterocycles. The van der Waals surface area contributed by atoms with Crippen LogP contribution in [0.2, 0.25) is 0 Å². The van der Waals surface area contributed by atoms with E-state index in [-0.39, 0.29) is 17.0 Å². The molecule has 2 atom stereocenters. The van der Waals surface area contributed by atoms with Crippen LogP contribution in [0.25, 0.3) is 0 Å². The SMILES string of the molecule is CO[C@@H]1CN(c2ncc(C(=O)O)s2)CC[C@@H]1N. The molecule has 2 heterocycles. The molecule has 0 saturated carbocycles. The maximum absolute atomic E-state index is 10.8. The molecule has 94 valence electrons. The van der Waals surface area contributed by atoms with Crippen molar-refractivity contribution in [1.82, 2.24) is 4.98 Å². The summed E-state index contributed by atoms with van der Waals surface area (Å²) in [6, 6.07) is 0.0372. The smallest absolute Gasteiger partial charge is 0.347 e. The first-order valence-electron chi connectivity index (χ1n) is 5.34. The van der Waals surface area contributed by atoms with Crippen molar-refractivity contribution in [3.8, 4) is 0 Å². The lowest BCUT2D eigenvalue weighted by Gasteiger charge is -2.35. The fourth-order valence-corrected chi connectivity index (χ4v) is 2.66. The first kappa shape index (κ1) is 12.3. The normalized spacial score (nSPS) is 24.9. The molecule has 1 aliphatic heterocycles. The predicted octanol–water partition coefficient (Wildman–Crippen LogP) is 0.394. The molecule has 0 unspecified atom stereocenters. The van der Waals surface area contributed by atoms with Crippen LogP contribution in [0, 0.1) is 0 Å². The molecule has 6 nitrogen and oxygen atoms in total. The first-order chi connectivity index (χ1) is 8.11. The molecule has 1 fully saturated rings. The Morgan fingerprint density at radius 3 is 3.12 bits per heavy atom. The number of nitrogens with two attached hydrogens (primary N) is 1. The number of hydrogen-bond acceptors (Lipinski definition) is 6. The summed E-state index contributed by atoms with van der Waals surface area (Å²) in [5, 5.41) is 9.56. The van der Waals surface area contributed by atoms with Gasteiger partial charge in [-0.1, -0.05) is 11.3 Å². The number of rotatable bonds is 3. The van der Waals surface area contributed by atoms with Crippen molar-refractivity contribution >= 4 is 22.4 Å². The van der Waals surface area contributed by atoms with E-state index < -0.39 is 5.97 Å². The quantitative estimate of drug-likeness (QED) is 0.814. The van der Waals surface area contributed by atoms with Crippen molar-refractivity contribution < 1.29 is 14.6 Å². The number of hydrogen-bond donors (Lipinski definition) is 2. The van der Waals surface area contributed by atoms with E-state index >= 15 is 0 Å². The lowest BCUT2D eigenvalue weighted by atomic mass is 10.0. The van der Waals surface area contributed by atoms with Gasteiger partial charge < -0.3 is 20.5 Å². The Morgan fingerprint density at radius 1 is 1.76 bits per heavy atom. The zero-order valence-electron chi connectivity index (χ0n) is 9.50. The Kier molecular flexibility index (Phi) is 3.60. The average molecular weight is 257 g/mol. The Bertz CT molecular complexity index is 409. The van der Waals surface area contributed by atoms with Gasteiger partial charge in [-0.2, -0.15) is 0 Å². The van der Waals surface area contributed by atoms with Crippen LogP contribution in [0.3, 0.4) is 0 Å². The fourth-order valence-electron chi connectivity index (χ4n) is 1.87. The van der Waals surface area contributed by atoms with Gasteiger partial charge in [0.2, 0.25) is 0 Å². The van der Waals surface area contributed by atoms with Gasteiger partial charge in [0.05, 0.1) is 12.3 Å². The van der Waals surface area contributed by atoms with E-state index in [0.29, 0.717) is 6.54 Å². The van der Waals surface area contributed by atoms with Crippen molar-refractivity contribution in [2.45, 2.75) is 18.6 Å². The van der Waals surface area contributed by atoms with Crippen LogP contribution >= 0.6 is 11.3 Å². The van der Waals surface area contributed by atoms with Crippen molar-refractivity contribution in [2.75, 3.05) is 25.1 Å². The molecule has 0 aliphatic carbocycles. The highest BCUT2D eigenvalue weighted by Crippen LogP contribution is 2.25. The van der Waals surface area contributed by atoms with Crippen LogP contribution < -0.4 is 10.6 Å². The minimum atomic E-state index is -0.939. The number of carbonyl (C=O) groups is 1. The number of ether oxygens (including phenoxy) is 1. The molecule has 1 aliphatic rings. The van der Waals surface area contributed by atoms with Crippen LogP contribution in [-0.4, -0.2) is 48.4 Å².